The first kappa shape index (κ1) is 12.2. The lowest BCUT2D eigenvalue weighted by molar-refractivity contribution is 0.157. The van der Waals surface area contributed by atoms with E-state index in [-0.39, 0.29) is 0 Å². The Labute approximate surface area is 84.0 Å². The number of hydrogen-bond acceptors (Lipinski definition) is 3. The average molecular weight is 204 g/mol. The van der Waals surface area contributed by atoms with E-state index in [9.17, 15) is 4.79 Å². The molecule has 0 aliphatic carbocycles. The molecule has 0 rings (SSSR count). The van der Waals surface area contributed by atoms with Gasteiger partial charge in [0.1, 0.15) is 0 Å². The van der Waals surface area contributed by atoms with Gasteiger partial charge in [-0.05, 0) is 25.6 Å². The lowest BCUT2D eigenvalue weighted by Crippen LogP contribution is -2.39. The second kappa shape index (κ2) is 7.79. The molecule has 0 heterocycles. The fourth-order valence-corrected chi connectivity index (χ4v) is 0.868. The van der Waals surface area contributed by atoms with Crippen LogP contribution in [0.1, 0.15) is 26.7 Å². The fraction of sp³-hybridized carbons (Fsp3) is 0.750. The maximum atomic E-state index is 10.8. The van der Waals surface area contributed by atoms with Crippen LogP contribution in [0.2, 0.25) is 0 Å². The van der Waals surface area contributed by atoms with Gasteiger partial charge in [-0.15, -0.1) is 0 Å². The molecule has 0 bridgehead atoms. The summed E-state index contributed by atoms with van der Waals surface area (Å²) in [7, 11) is 0. The van der Waals surface area contributed by atoms with E-state index in [0.29, 0.717) is 11.7 Å². The molecule has 1 amide bonds. The highest BCUT2D eigenvalue weighted by molar-refractivity contribution is 7.80. The first-order valence-electron chi connectivity index (χ1n) is 4.42. The van der Waals surface area contributed by atoms with Crippen LogP contribution in [0.5, 0.6) is 0 Å². The molecule has 0 aromatic carbocycles. The molecule has 5 heteroatoms. The molecular formula is C8H16N2O2S. The number of alkyl carbamates (subject to hydrolysis) is 1. The maximum absolute atomic E-state index is 10.8. The Hall–Kier alpha value is -0.840. The average Bonchev–Trinajstić information content (AvgIpc) is 2.05. The number of hydrogen-bond donors (Lipinski definition) is 2. The lowest BCUT2D eigenvalue weighted by atomic mass is 10.3. The topological polar surface area (TPSA) is 50.4 Å². The molecular weight excluding hydrogens is 188 g/mol. The Bertz CT molecular complexity index is 174. The van der Waals surface area contributed by atoms with Crippen molar-refractivity contribution in [3.8, 4) is 0 Å². The second-order valence-electron chi connectivity index (χ2n) is 2.45. The summed E-state index contributed by atoms with van der Waals surface area (Å²) < 4.78 is 4.64. The number of ether oxygens (including phenoxy) is 1. The van der Waals surface area contributed by atoms with Crippen LogP contribution >= 0.6 is 12.2 Å². The van der Waals surface area contributed by atoms with Crippen molar-refractivity contribution >= 4 is 23.4 Å². The van der Waals surface area contributed by atoms with E-state index in [1.54, 1.807) is 6.92 Å². The molecule has 0 spiro atoms. The third-order valence-electron chi connectivity index (χ3n) is 1.31. The van der Waals surface area contributed by atoms with Gasteiger partial charge < -0.3 is 10.1 Å². The summed E-state index contributed by atoms with van der Waals surface area (Å²) in [6.07, 6.45) is 1.62. The van der Waals surface area contributed by atoms with Crippen LogP contribution in [0.3, 0.4) is 0 Å². The molecule has 0 aromatic heterocycles. The van der Waals surface area contributed by atoms with Gasteiger partial charge in [0.2, 0.25) is 0 Å². The van der Waals surface area contributed by atoms with Crippen molar-refractivity contribution in [1.82, 2.24) is 10.6 Å². The van der Waals surface area contributed by atoms with E-state index in [1.807, 2.05) is 0 Å². The van der Waals surface area contributed by atoms with Crippen LogP contribution < -0.4 is 10.6 Å². The monoisotopic (exact) mass is 204 g/mol. The number of unbranched alkanes of at least 4 members (excludes halogenated alkanes) is 1. The molecule has 0 saturated carbocycles. The van der Waals surface area contributed by atoms with Crippen LogP contribution in [-0.2, 0) is 4.74 Å². The molecule has 2 N–H and O–H groups in total. The number of rotatable bonds is 4. The predicted octanol–water partition coefficient (Wildman–Crippen LogP) is 1.41. The van der Waals surface area contributed by atoms with Crippen molar-refractivity contribution in [2.24, 2.45) is 0 Å². The van der Waals surface area contributed by atoms with Gasteiger partial charge in [-0.2, -0.15) is 0 Å². The van der Waals surface area contributed by atoms with Crippen molar-refractivity contribution in [2.75, 3.05) is 13.2 Å². The first-order valence-corrected chi connectivity index (χ1v) is 4.83. The summed E-state index contributed by atoms with van der Waals surface area (Å²) in [6, 6.07) is 0. The van der Waals surface area contributed by atoms with Crippen LogP contribution in [0, 0.1) is 0 Å². The minimum Gasteiger partial charge on any atom is -0.450 e. The molecule has 0 saturated heterocycles. The highest BCUT2D eigenvalue weighted by Crippen LogP contribution is 1.83. The van der Waals surface area contributed by atoms with Gasteiger partial charge in [0.25, 0.3) is 0 Å². The molecule has 0 aromatic rings. The lowest BCUT2D eigenvalue weighted by Gasteiger charge is -2.08. The number of carbonyl (C=O) groups excluding carboxylic acids is 1. The van der Waals surface area contributed by atoms with Crippen molar-refractivity contribution in [1.29, 1.82) is 0 Å². The van der Waals surface area contributed by atoms with Crippen LogP contribution in [-0.4, -0.2) is 24.4 Å². The van der Waals surface area contributed by atoms with E-state index in [1.165, 1.54) is 0 Å². The normalized spacial score (nSPS) is 9.08. The summed E-state index contributed by atoms with van der Waals surface area (Å²) in [4.78, 5) is 10.8. The molecule has 13 heavy (non-hydrogen) atoms. The zero-order valence-electron chi connectivity index (χ0n) is 8.05. The van der Waals surface area contributed by atoms with Gasteiger partial charge in [-0.25, -0.2) is 4.79 Å². The zero-order chi connectivity index (χ0) is 10.1. The maximum Gasteiger partial charge on any atom is 0.413 e. The highest BCUT2D eigenvalue weighted by Gasteiger charge is 2.02. The van der Waals surface area contributed by atoms with Gasteiger partial charge in [0.15, 0.2) is 5.11 Å². The molecule has 0 atom stereocenters. The van der Waals surface area contributed by atoms with E-state index >= 15 is 0 Å². The van der Waals surface area contributed by atoms with Crippen molar-refractivity contribution in [3.63, 3.8) is 0 Å². The number of thiocarbonyl (C=S) groups is 1. The van der Waals surface area contributed by atoms with Gasteiger partial charge in [-0.3, -0.25) is 5.32 Å². The largest absolute Gasteiger partial charge is 0.450 e. The van der Waals surface area contributed by atoms with E-state index in [4.69, 9.17) is 12.2 Å². The van der Waals surface area contributed by atoms with Crippen LogP contribution in [0.4, 0.5) is 4.79 Å². The summed E-state index contributed by atoms with van der Waals surface area (Å²) in [5.41, 5.74) is 0. The summed E-state index contributed by atoms with van der Waals surface area (Å²) in [5, 5.41) is 5.62. The fourth-order valence-electron chi connectivity index (χ4n) is 0.683. The minimum atomic E-state index is -0.503. The quantitative estimate of drug-likeness (QED) is 0.537. The molecule has 0 radical (unpaired) electrons. The summed E-state index contributed by atoms with van der Waals surface area (Å²) >= 11 is 4.83. The summed E-state index contributed by atoms with van der Waals surface area (Å²) in [5.74, 6) is 0. The third kappa shape index (κ3) is 7.52. The Balaban J connectivity index is 3.44. The Kier molecular flexibility index (Phi) is 7.29. The first-order chi connectivity index (χ1) is 6.20. The van der Waals surface area contributed by atoms with Crippen molar-refractivity contribution < 1.29 is 9.53 Å². The van der Waals surface area contributed by atoms with Gasteiger partial charge in [0.05, 0.1) is 6.61 Å². The standard InChI is InChI=1S/C8H16N2O2S/c1-3-5-6-9-7(13)10-8(11)12-4-2/h3-6H2,1-2H3,(H2,9,10,11,13). The smallest absolute Gasteiger partial charge is 0.413 e. The molecule has 76 valence electrons. The third-order valence-corrected chi connectivity index (χ3v) is 1.55. The second-order valence-corrected chi connectivity index (χ2v) is 2.86. The zero-order valence-corrected chi connectivity index (χ0v) is 8.87. The molecule has 0 aliphatic rings. The Morgan fingerprint density at radius 2 is 2.15 bits per heavy atom. The van der Waals surface area contributed by atoms with E-state index < -0.39 is 6.09 Å². The van der Waals surface area contributed by atoms with E-state index in [2.05, 4.69) is 22.3 Å². The molecule has 0 fully saturated rings. The van der Waals surface area contributed by atoms with Crippen molar-refractivity contribution in [3.05, 3.63) is 0 Å². The van der Waals surface area contributed by atoms with Gasteiger partial charge in [0, 0.05) is 6.54 Å². The number of carbonyl (C=O) groups is 1. The molecule has 0 unspecified atom stereocenters. The SMILES string of the molecule is CCCCNC(=S)NC(=O)OCC. The van der Waals surface area contributed by atoms with Crippen LogP contribution in [0.25, 0.3) is 0 Å². The van der Waals surface area contributed by atoms with Gasteiger partial charge in [-0.1, -0.05) is 13.3 Å². The minimum absolute atomic E-state index is 0.326. The number of amides is 1. The molecule has 4 nitrogen and oxygen atoms in total. The Morgan fingerprint density at radius 1 is 1.46 bits per heavy atom. The highest BCUT2D eigenvalue weighted by atomic mass is 32.1. The van der Waals surface area contributed by atoms with Crippen LogP contribution in [0.15, 0.2) is 0 Å². The predicted molar refractivity (Wildman–Crippen MR) is 55.7 cm³/mol. The molecule has 0 aliphatic heterocycles. The van der Waals surface area contributed by atoms with E-state index in [0.717, 1.165) is 19.4 Å². The number of nitrogens with one attached hydrogen (secondary N) is 2. The summed E-state index contributed by atoms with van der Waals surface area (Å²) in [6.45, 7) is 4.96. The van der Waals surface area contributed by atoms with Gasteiger partial charge >= 0.3 is 6.09 Å². The Morgan fingerprint density at radius 3 is 2.69 bits per heavy atom. The van der Waals surface area contributed by atoms with Crippen molar-refractivity contribution in [2.45, 2.75) is 26.7 Å².